The monoisotopic (exact) mass is 636 g/mol. The summed E-state index contributed by atoms with van der Waals surface area (Å²) in [5.74, 6) is 0.211. The van der Waals surface area contributed by atoms with Crippen molar-refractivity contribution in [3.63, 3.8) is 0 Å². The zero-order chi connectivity index (χ0) is 26.9. The van der Waals surface area contributed by atoms with E-state index in [9.17, 15) is 5.11 Å². The summed E-state index contributed by atoms with van der Waals surface area (Å²) in [6, 6.07) is 35.2. The third-order valence-corrected chi connectivity index (χ3v) is 8.46. The Balaban J connectivity index is 1.52. The zero-order valence-corrected chi connectivity index (χ0v) is 24.5. The standard InChI is InChI=1S/C34H25IN2OS/c1-21-12-13-22(2)28(16-21)24-18-29(23-8-4-3-5-9-23)33-32(19-24)39-34(37-33)27-10-6-7-11-30(27)36-20-25-17-26(35)14-15-31(25)38/h3-20,38H,1-2H3/b36-20+. The first kappa shape index (κ1) is 25.5. The SMILES string of the molecule is Cc1ccc(C)c(-c2cc(-c3ccccc3)c3nc(-c4ccccc4/N=C/c4cc(I)ccc4O)sc3c2)c1. The van der Waals surface area contributed by atoms with Crippen molar-refractivity contribution in [2.24, 2.45) is 4.99 Å². The number of aromatic hydroxyl groups is 1. The number of aliphatic imine (C=N–C) groups is 1. The first-order valence-corrected chi connectivity index (χ1v) is 14.6. The Hall–Kier alpha value is -3.81. The Morgan fingerprint density at radius 3 is 2.41 bits per heavy atom. The van der Waals surface area contributed by atoms with Crippen LogP contribution in [-0.4, -0.2) is 16.3 Å². The molecule has 0 spiro atoms. The van der Waals surface area contributed by atoms with Gasteiger partial charge in [0, 0.05) is 26.5 Å². The fraction of sp³-hybridized carbons (Fsp3) is 0.0588. The lowest BCUT2D eigenvalue weighted by Gasteiger charge is -2.11. The maximum atomic E-state index is 10.3. The molecule has 0 radical (unpaired) electrons. The Morgan fingerprint density at radius 2 is 1.56 bits per heavy atom. The molecule has 39 heavy (non-hydrogen) atoms. The van der Waals surface area contributed by atoms with Crippen LogP contribution in [0.4, 0.5) is 5.69 Å². The lowest BCUT2D eigenvalue weighted by atomic mass is 9.94. The minimum absolute atomic E-state index is 0.211. The summed E-state index contributed by atoms with van der Waals surface area (Å²) in [4.78, 5) is 9.95. The van der Waals surface area contributed by atoms with E-state index in [1.54, 1.807) is 23.6 Å². The zero-order valence-electron chi connectivity index (χ0n) is 21.5. The van der Waals surface area contributed by atoms with E-state index in [4.69, 9.17) is 9.98 Å². The Morgan fingerprint density at radius 1 is 0.769 bits per heavy atom. The highest BCUT2D eigenvalue weighted by Gasteiger charge is 2.16. The van der Waals surface area contributed by atoms with E-state index < -0.39 is 0 Å². The smallest absolute Gasteiger partial charge is 0.126 e. The highest BCUT2D eigenvalue weighted by molar-refractivity contribution is 14.1. The van der Waals surface area contributed by atoms with E-state index >= 15 is 0 Å². The van der Waals surface area contributed by atoms with E-state index in [0.717, 1.165) is 41.2 Å². The summed E-state index contributed by atoms with van der Waals surface area (Å²) >= 11 is 3.92. The van der Waals surface area contributed by atoms with Gasteiger partial charge in [0.15, 0.2) is 0 Å². The molecule has 0 saturated heterocycles. The maximum Gasteiger partial charge on any atom is 0.126 e. The molecule has 0 amide bonds. The molecule has 1 N–H and O–H groups in total. The molecule has 1 heterocycles. The van der Waals surface area contributed by atoms with Crippen molar-refractivity contribution < 1.29 is 5.11 Å². The highest BCUT2D eigenvalue weighted by atomic mass is 127. The number of nitrogens with zero attached hydrogens (tertiary/aromatic N) is 2. The largest absolute Gasteiger partial charge is 0.507 e. The summed E-state index contributed by atoms with van der Waals surface area (Å²) in [6.07, 6.45) is 1.72. The number of benzene rings is 5. The van der Waals surface area contributed by atoms with E-state index in [2.05, 4.69) is 97.1 Å². The normalized spacial score (nSPS) is 11.5. The van der Waals surface area contributed by atoms with Crippen LogP contribution >= 0.6 is 33.9 Å². The summed E-state index contributed by atoms with van der Waals surface area (Å²) in [5, 5.41) is 11.2. The van der Waals surface area contributed by atoms with Gasteiger partial charge in [-0.05, 0) is 101 Å². The molecule has 3 nitrogen and oxygen atoms in total. The molecule has 0 unspecified atom stereocenters. The van der Waals surface area contributed by atoms with Gasteiger partial charge in [-0.1, -0.05) is 66.2 Å². The van der Waals surface area contributed by atoms with Gasteiger partial charge in [0.1, 0.15) is 10.8 Å². The molecule has 5 heteroatoms. The van der Waals surface area contributed by atoms with Crippen molar-refractivity contribution in [3.8, 4) is 38.6 Å². The number of rotatable bonds is 5. The van der Waals surface area contributed by atoms with Crippen molar-refractivity contribution in [1.82, 2.24) is 4.98 Å². The number of phenols is 1. The van der Waals surface area contributed by atoms with Gasteiger partial charge in [-0.15, -0.1) is 11.3 Å². The number of fused-ring (bicyclic) bond motifs is 1. The minimum atomic E-state index is 0.211. The van der Waals surface area contributed by atoms with Gasteiger partial charge < -0.3 is 5.11 Å². The first-order chi connectivity index (χ1) is 19.0. The number of thiazole rings is 1. The van der Waals surface area contributed by atoms with E-state index in [0.29, 0.717) is 5.56 Å². The number of halogens is 1. The third kappa shape index (κ3) is 5.24. The second-order valence-corrected chi connectivity index (χ2v) is 11.8. The van der Waals surface area contributed by atoms with Crippen LogP contribution in [0.3, 0.4) is 0 Å². The van der Waals surface area contributed by atoms with Gasteiger partial charge in [0.05, 0.1) is 15.9 Å². The summed E-state index contributed by atoms with van der Waals surface area (Å²) < 4.78 is 2.18. The van der Waals surface area contributed by atoms with Crippen molar-refractivity contribution in [3.05, 3.63) is 123 Å². The van der Waals surface area contributed by atoms with Gasteiger partial charge in [-0.3, -0.25) is 4.99 Å². The van der Waals surface area contributed by atoms with Crippen LogP contribution in [0.5, 0.6) is 5.75 Å². The molecule has 0 aliphatic heterocycles. The van der Waals surface area contributed by atoms with Crippen LogP contribution < -0.4 is 0 Å². The van der Waals surface area contributed by atoms with E-state index in [1.165, 1.54) is 22.3 Å². The predicted molar refractivity (Wildman–Crippen MR) is 173 cm³/mol. The summed E-state index contributed by atoms with van der Waals surface area (Å²) in [5.41, 5.74) is 10.6. The molecule has 0 fully saturated rings. The van der Waals surface area contributed by atoms with Gasteiger partial charge in [-0.25, -0.2) is 4.98 Å². The predicted octanol–water partition coefficient (Wildman–Crippen LogP) is 9.97. The van der Waals surface area contributed by atoms with Crippen LogP contribution in [0.2, 0.25) is 0 Å². The Kier molecular flexibility index (Phi) is 7.02. The number of para-hydroxylation sites is 1. The summed E-state index contributed by atoms with van der Waals surface area (Å²) in [7, 11) is 0. The van der Waals surface area contributed by atoms with Gasteiger partial charge in [0.2, 0.25) is 0 Å². The van der Waals surface area contributed by atoms with Crippen molar-refractivity contribution in [2.45, 2.75) is 13.8 Å². The minimum Gasteiger partial charge on any atom is -0.507 e. The topological polar surface area (TPSA) is 45.5 Å². The first-order valence-electron chi connectivity index (χ1n) is 12.7. The fourth-order valence-corrected chi connectivity index (χ4v) is 6.30. The molecular formula is C34H25IN2OS. The molecule has 0 aliphatic rings. The number of hydrogen-bond donors (Lipinski definition) is 1. The van der Waals surface area contributed by atoms with E-state index in [-0.39, 0.29) is 5.75 Å². The number of aryl methyl sites for hydroxylation is 2. The average Bonchev–Trinajstić information content (AvgIpc) is 3.39. The van der Waals surface area contributed by atoms with Crippen LogP contribution in [0, 0.1) is 17.4 Å². The van der Waals surface area contributed by atoms with Crippen LogP contribution in [0.1, 0.15) is 16.7 Å². The summed E-state index contributed by atoms with van der Waals surface area (Å²) in [6.45, 7) is 4.30. The molecule has 0 saturated carbocycles. The average molecular weight is 637 g/mol. The fourth-order valence-electron chi connectivity index (χ4n) is 4.72. The van der Waals surface area contributed by atoms with Crippen LogP contribution in [0.15, 0.2) is 108 Å². The number of aromatic nitrogens is 1. The second kappa shape index (κ2) is 10.8. The molecule has 1 aromatic heterocycles. The Bertz CT molecular complexity index is 1860. The maximum absolute atomic E-state index is 10.3. The molecular weight excluding hydrogens is 611 g/mol. The van der Waals surface area contributed by atoms with Crippen LogP contribution in [-0.2, 0) is 0 Å². The van der Waals surface area contributed by atoms with Gasteiger partial charge in [0.25, 0.3) is 0 Å². The molecule has 6 aromatic rings. The quantitative estimate of drug-likeness (QED) is 0.151. The lowest BCUT2D eigenvalue weighted by Crippen LogP contribution is -1.88. The Labute approximate surface area is 245 Å². The lowest BCUT2D eigenvalue weighted by molar-refractivity contribution is 0.474. The van der Waals surface area contributed by atoms with Gasteiger partial charge >= 0.3 is 0 Å². The molecule has 0 bridgehead atoms. The highest BCUT2D eigenvalue weighted by Crippen LogP contribution is 2.42. The molecule has 0 atom stereocenters. The van der Waals surface area contributed by atoms with Crippen molar-refractivity contribution >= 4 is 56.0 Å². The van der Waals surface area contributed by atoms with Crippen LogP contribution in [0.25, 0.3) is 43.0 Å². The number of hydrogen-bond acceptors (Lipinski definition) is 4. The van der Waals surface area contributed by atoms with E-state index in [1.807, 2.05) is 36.4 Å². The molecule has 5 aromatic carbocycles. The number of phenolic OH excluding ortho intramolecular Hbond substituents is 1. The molecule has 190 valence electrons. The third-order valence-electron chi connectivity index (χ3n) is 6.75. The molecule has 0 aliphatic carbocycles. The molecule has 6 rings (SSSR count). The van der Waals surface area contributed by atoms with Gasteiger partial charge in [-0.2, -0.15) is 0 Å². The van der Waals surface area contributed by atoms with Crippen molar-refractivity contribution in [1.29, 1.82) is 0 Å². The van der Waals surface area contributed by atoms with Crippen molar-refractivity contribution in [2.75, 3.05) is 0 Å². The second-order valence-electron chi connectivity index (χ2n) is 9.55.